The summed E-state index contributed by atoms with van der Waals surface area (Å²) in [6.07, 6.45) is 0. The van der Waals surface area contributed by atoms with Crippen LogP contribution in [-0.2, 0) is 11.3 Å². The van der Waals surface area contributed by atoms with E-state index in [4.69, 9.17) is 0 Å². The highest BCUT2D eigenvalue weighted by molar-refractivity contribution is 6.03. The topological polar surface area (TPSA) is 88.9 Å². The van der Waals surface area contributed by atoms with Gasteiger partial charge in [0.1, 0.15) is 18.2 Å². The molecular formula is C20H19F2N5O2. The number of hydrogen-bond donors (Lipinski definition) is 2. The van der Waals surface area contributed by atoms with Gasteiger partial charge in [0.15, 0.2) is 5.69 Å². The van der Waals surface area contributed by atoms with Gasteiger partial charge >= 0.3 is 0 Å². The van der Waals surface area contributed by atoms with Crippen molar-refractivity contribution in [3.63, 3.8) is 0 Å². The number of carbonyl (C=O) groups is 2. The maximum atomic E-state index is 13.7. The molecule has 0 saturated heterocycles. The van der Waals surface area contributed by atoms with Gasteiger partial charge in [0.25, 0.3) is 5.91 Å². The number of nitrogens with one attached hydrogen (secondary N) is 2. The van der Waals surface area contributed by atoms with E-state index in [0.29, 0.717) is 17.4 Å². The smallest absolute Gasteiger partial charge is 0.278 e. The first kappa shape index (κ1) is 20.1. The molecule has 0 aliphatic carbocycles. The van der Waals surface area contributed by atoms with Crippen molar-refractivity contribution >= 4 is 23.2 Å². The van der Waals surface area contributed by atoms with Gasteiger partial charge in [0.05, 0.1) is 11.4 Å². The zero-order valence-corrected chi connectivity index (χ0v) is 16.1. The fraction of sp³-hybridized carbons (Fsp3) is 0.200. The van der Waals surface area contributed by atoms with E-state index in [0.717, 1.165) is 23.3 Å². The van der Waals surface area contributed by atoms with Crippen LogP contribution in [0.2, 0.25) is 0 Å². The molecule has 0 radical (unpaired) electrons. The number of anilines is 2. The van der Waals surface area contributed by atoms with Crippen LogP contribution < -0.4 is 10.6 Å². The van der Waals surface area contributed by atoms with Crippen LogP contribution in [-0.4, -0.2) is 26.8 Å². The summed E-state index contributed by atoms with van der Waals surface area (Å²) >= 11 is 0. The second-order valence-electron chi connectivity index (χ2n) is 6.61. The van der Waals surface area contributed by atoms with E-state index in [9.17, 15) is 18.4 Å². The molecule has 1 heterocycles. The van der Waals surface area contributed by atoms with Crippen molar-refractivity contribution in [3.05, 3.63) is 70.5 Å². The van der Waals surface area contributed by atoms with Gasteiger partial charge < -0.3 is 10.6 Å². The summed E-state index contributed by atoms with van der Waals surface area (Å²) in [5, 5.41) is 12.7. The summed E-state index contributed by atoms with van der Waals surface area (Å²) in [6.45, 7) is 5.34. The zero-order chi connectivity index (χ0) is 21.1. The van der Waals surface area contributed by atoms with Crippen LogP contribution in [0, 0.1) is 32.4 Å². The van der Waals surface area contributed by atoms with E-state index in [1.54, 1.807) is 13.0 Å². The number of rotatable bonds is 5. The summed E-state index contributed by atoms with van der Waals surface area (Å²) in [5.41, 5.74) is 2.90. The fourth-order valence-corrected chi connectivity index (χ4v) is 2.65. The molecule has 1 aromatic heterocycles. The Morgan fingerprint density at radius 2 is 1.76 bits per heavy atom. The molecule has 0 spiro atoms. The molecule has 0 atom stereocenters. The lowest BCUT2D eigenvalue weighted by atomic mass is 10.1. The molecule has 2 aromatic carbocycles. The lowest BCUT2D eigenvalue weighted by molar-refractivity contribution is -0.117. The average Bonchev–Trinajstić information content (AvgIpc) is 3.01. The van der Waals surface area contributed by atoms with Crippen LogP contribution >= 0.6 is 0 Å². The number of carbonyl (C=O) groups excluding carboxylic acids is 2. The van der Waals surface area contributed by atoms with Gasteiger partial charge in [-0.2, -0.15) is 0 Å². The lowest BCUT2D eigenvalue weighted by Crippen LogP contribution is -2.21. The van der Waals surface area contributed by atoms with Gasteiger partial charge in [-0.25, -0.2) is 13.5 Å². The van der Waals surface area contributed by atoms with Gasteiger partial charge in [-0.1, -0.05) is 11.3 Å². The molecule has 0 fully saturated rings. The van der Waals surface area contributed by atoms with Gasteiger partial charge in [-0.3, -0.25) is 9.59 Å². The van der Waals surface area contributed by atoms with Crippen LogP contribution in [0.3, 0.4) is 0 Å². The molecular weight excluding hydrogens is 380 g/mol. The van der Waals surface area contributed by atoms with Crippen molar-refractivity contribution in [2.24, 2.45) is 0 Å². The van der Waals surface area contributed by atoms with E-state index in [-0.39, 0.29) is 23.8 Å². The number of aromatic nitrogens is 3. The Morgan fingerprint density at radius 3 is 2.45 bits per heavy atom. The number of aryl methyl sites for hydroxylation is 2. The molecule has 2 N–H and O–H groups in total. The van der Waals surface area contributed by atoms with Gasteiger partial charge in [-0.15, -0.1) is 5.10 Å². The number of amides is 2. The molecule has 0 unspecified atom stereocenters. The molecule has 0 aliphatic rings. The number of nitrogens with zero attached hydrogens (tertiary/aromatic N) is 3. The van der Waals surface area contributed by atoms with Crippen LogP contribution in [0.25, 0.3) is 0 Å². The monoisotopic (exact) mass is 399 g/mol. The minimum atomic E-state index is -0.906. The third-order valence-electron chi connectivity index (χ3n) is 4.46. The summed E-state index contributed by atoms with van der Waals surface area (Å²) in [6, 6.07) is 8.36. The Labute approximate surface area is 165 Å². The number of hydrogen-bond acceptors (Lipinski definition) is 4. The quantitative estimate of drug-likeness (QED) is 0.688. The largest absolute Gasteiger partial charge is 0.324 e. The van der Waals surface area contributed by atoms with Crippen LogP contribution in [0.1, 0.15) is 27.3 Å². The molecule has 0 bridgehead atoms. The van der Waals surface area contributed by atoms with E-state index < -0.39 is 17.5 Å². The first-order valence-electron chi connectivity index (χ1n) is 8.78. The van der Waals surface area contributed by atoms with Crippen LogP contribution in [0.15, 0.2) is 36.4 Å². The molecule has 9 heteroatoms. The Kier molecular flexibility index (Phi) is 5.67. The van der Waals surface area contributed by atoms with Crippen molar-refractivity contribution in [2.75, 3.05) is 10.6 Å². The molecule has 29 heavy (non-hydrogen) atoms. The van der Waals surface area contributed by atoms with Crippen molar-refractivity contribution in [1.82, 2.24) is 15.0 Å². The van der Waals surface area contributed by atoms with E-state index in [1.165, 1.54) is 4.68 Å². The van der Waals surface area contributed by atoms with Crippen molar-refractivity contribution in [1.29, 1.82) is 0 Å². The third-order valence-corrected chi connectivity index (χ3v) is 4.46. The van der Waals surface area contributed by atoms with Gasteiger partial charge in [0, 0.05) is 11.8 Å². The van der Waals surface area contributed by atoms with Crippen LogP contribution in [0.4, 0.5) is 20.2 Å². The summed E-state index contributed by atoms with van der Waals surface area (Å²) in [7, 11) is 0. The second-order valence-corrected chi connectivity index (χ2v) is 6.61. The zero-order valence-electron chi connectivity index (χ0n) is 16.1. The normalized spacial score (nSPS) is 10.7. The van der Waals surface area contributed by atoms with Crippen LogP contribution in [0.5, 0.6) is 0 Å². The highest BCUT2D eigenvalue weighted by Gasteiger charge is 2.19. The maximum Gasteiger partial charge on any atom is 0.278 e. The molecule has 3 rings (SSSR count). The van der Waals surface area contributed by atoms with E-state index in [2.05, 4.69) is 20.9 Å². The van der Waals surface area contributed by atoms with Crippen molar-refractivity contribution < 1.29 is 18.4 Å². The highest BCUT2D eigenvalue weighted by atomic mass is 19.1. The molecule has 0 aliphatic heterocycles. The lowest BCUT2D eigenvalue weighted by Gasteiger charge is -2.08. The predicted octanol–water partition coefficient (Wildman–Crippen LogP) is 3.37. The first-order chi connectivity index (χ1) is 13.7. The standard InChI is InChI=1S/C20H19F2N5O2/c1-11-4-6-15(8-12(11)2)23-18(28)10-27-13(3)19(25-26-27)20(29)24-17-7-5-14(21)9-16(17)22/h4-9H,10H2,1-3H3,(H,23,28)(H,24,29). The summed E-state index contributed by atoms with van der Waals surface area (Å²) < 4.78 is 28.0. The Bertz CT molecular complexity index is 1090. The summed E-state index contributed by atoms with van der Waals surface area (Å²) in [5.74, 6) is -2.71. The second kappa shape index (κ2) is 8.17. The van der Waals surface area contributed by atoms with E-state index in [1.807, 2.05) is 26.0 Å². The Balaban J connectivity index is 1.68. The molecule has 150 valence electrons. The predicted molar refractivity (Wildman–Crippen MR) is 104 cm³/mol. The molecule has 2 amide bonds. The van der Waals surface area contributed by atoms with Gasteiger partial charge in [-0.05, 0) is 56.2 Å². The molecule has 7 nitrogen and oxygen atoms in total. The average molecular weight is 399 g/mol. The Morgan fingerprint density at radius 1 is 1.00 bits per heavy atom. The molecule has 3 aromatic rings. The number of halogens is 2. The van der Waals surface area contributed by atoms with Crippen molar-refractivity contribution in [3.8, 4) is 0 Å². The highest BCUT2D eigenvalue weighted by Crippen LogP contribution is 2.17. The number of benzene rings is 2. The molecule has 0 saturated carbocycles. The fourth-order valence-electron chi connectivity index (χ4n) is 2.65. The first-order valence-corrected chi connectivity index (χ1v) is 8.78. The Hall–Kier alpha value is -3.62. The van der Waals surface area contributed by atoms with E-state index >= 15 is 0 Å². The minimum Gasteiger partial charge on any atom is -0.324 e. The maximum absolute atomic E-state index is 13.7. The van der Waals surface area contributed by atoms with Crippen molar-refractivity contribution in [2.45, 2.75) is 27.3 Å². The minimum absolute atomic E-state index is 0.0623. The summed E-state index contributed by atoms with van der Waals surface area (Å²) in [4.78, 5) is 24.6. The van der Waals surface area contributed by atoms with Gasteiger partial charge in [0.2, 0.25) is 5.91 Å². The SMILES string of the molecule is Cc1ccc(NC(=O)Cn2nnc(C(=O)Nc3ccc(F)cc3F)c2C)cc1C. The third kappa shape index (κ3) is 4.63.